The Balaban J connectivity index is 1.43. The van der Waals surface area contributed by atoms with E-state index in [1.165, 1.54) is 10.9 Å². The molecule has 3 heterocycles. The number of anilines is 3. The highest BCUT2D eigenvalue weighted by molar-refractivity contribution is 5.95. The minimum atomic E-state index is 0.578. The van der Waals surface area contributed by atoms with Gasteiger partial charge < -0.3 is 19.5 Å². The quantitative estimate of drug-likeness (QED) is 0.576. The van der Waals surface area contributed by atoms with Crippen molar-refractivity contribution in [1.29, 1.82) is 0 Å². The lowest BCUT2D eigenvalue weighted by molar-refractivity contribution is 0.122. The maximum Gasteiger partial charge on any atom is 0.227 e. The van der Waals surface area contributed by atoms with Crippen LogP contribution in [0, 0.1) is 6.07 Å². The Morgan fingerprint density at radius 3 is 2.86 bits per heavy atom. The van der Waals surface area contributed by atoms with E-state index in [2.05, 4.69) is 69.4 Å². The summed E-state index contributed by atoms with van der Waals surface area (Å²) in [4.78, 5) is 11.5. The summed E-state index contributed by atoms with van der Waals surface area (Å²) in [6, 6.07) is 19.6. The van der Waals surface area contributed by atoms with Crippen molar-refractivity contribution < 1.29 is 4.74 Å². The van der Waals surface area contributed by atoms with Crippen LogP contribution in [-0.4, -0.2) is 40.8 Å². The largest absolute Gasteiger partial charge is 0.378 e. The SMILES string of the molecule is Cn1cc(-c2ccnc(Nc3cc[c]c(N4CCOCC4)c3)n2)c2ccccc21. The smallest absolute Gasteiger partial charge is 0.227 e. The molecule has 29 heavy (non-hydrogen) atoms. The molecule has 145 valence electrons. The fraction of sp³-hybridized carbons (Fsp3) is 0.217. The Morgan fingerprint density at radius 2 is 1.97 bits per heavy atom. The van der Waals surface area contributed by atoms with Crippen LogP contribution < -0.4 is 10.2 Å². The van der Waals surface area contributed by atoms with Crippen molar-refractivity contribution >= 4 is 28.2 Å². The van der Waals surface area contributed by atoms with E-state index in [-0.39, 0.29) is 0 Å². The Hall–Kier alpha value is -3.38. The summed E-state index contributed by atoms with van der Waals surface area (Å²) >= 11 is 0. The number of rotatable bonds is 4. The lowest BCUT2D eigenvalue weighted by Crippen LogP contribution is -2.36. The van der Waals surface area contributed by atoms with Gasteiger partial charge >= 0.3 is 0 Å². The number of nitrogens with zero attached hydrogens (tertiary/aromatic N) is 4. The average molecular weight is 384 g/mol. The minimum absolute atomic E-state index is 0.578. The highest BCUT2D eigenvalue weighted by Crippen LogP contribution is 2.29. The van der Waals surface area contributed by atoms with Gasteiger partial charge in [0.2, 0.25) is 5.95 Å². The van der Waals surface area contributed by atoms with E-state index in [1.807, 2.05) is 18.2 Å². The summed E-state index contributed by atoms with van der Waals surface area (Å²) in [5, 5.41) is 4.53. The zero-order valence-electron chi connectivity index (χ0n) is 16.3. The summed E-state index contributed by atoms with van der Waals surface area (Å²) < 4.78 is 7.57. The van der Waals surface area contributed by atoms with Gasteiger partial charge in [0, 0.05) is 66.4 Å². The van der Waals surface area contributed by atoms with Gasteiger partial charge in [-0.1, -0.05) is 24.3 Å². The topological polar surface area (TPSA) is 55.2 Å². The number of aryl methyl sites for hydroxylation is 1. The maximum absolute atomic E-state index is 5.44. The molecule has 1 N–H and O–H groups in total. The fourth-order valence-corrected chi connectivity index (χ4v) is 3.76. The van der Waals surface area contributed by atoms with Crippen molar-refractivity contribution in [3.05, 3.63) is 67.0 Å². The summed E-state index contributed by atoms with van der Waals surface area (Å²) in [6.45, 7) is 3.27. The molecular weight excluding hydrogens is 362 g/mol. The first-order chi connectivity index (χ1) is 14.3. The second kappa shape index (κ2) is 7.56. The molecule has 4 aromatic rings. The van der Waals surface area contributed by atoms with Gasteiger partial charge in [-0.05, 0) is 24.3 Å². The Labute approximate surface area is 169 Å². The number of aromatic nitrogens is 3. The molecule has 0 amide bonds. The molecule has 5 rings (SSSR count). The Morgan fingerprint density at radius 1 is 1.10 bits per heavy atom. The number of benzene rings is 2. The second-order valence-corrected chi connectivity index (χ2v) is 7.12. The first kappa shape index (κ1) is 17.7. The number of morpholine rings is 1. The molecule has 0 spiro atoms. The highest BCUT2D eigenvalue weighted by atomic mass is 16.5. The van der Waals surface area contributed by atoms with Crippen LogP contribution in [0.1, 0.15) is 0 Å². The van der Waals surface area contributed by atoms with E-state index in [9.17, 15) is 0 Å². The standard InChI is InChI=1S/C23H22N5O/c1-27-16-20(19-7-2-3-8-22(19)27)21-9-10-24-23(26-21)25-17-5-4-6-18(15-17)28-11-13-29-14-12-28/h2-5,7-10,15-16H,11-14H2,1H3,(H,24,25,26). The van der Waals surface area contributed by atoms with E-state index in [0.717, 1.165) is 48.9 Å². The van der Waals surface area contributed by atoms with Crippen LogP contribution >= 0.6 is 0 Å². The molecular formula is C23H22N5O. The normalized spacial score (nSPS) is 14.3. The van der Waals surface area contributed by atoms with Gasteiger partial charge in [0.05, 0.1) is 18.9 Å². The molecule has 0 unspecified atom stereocenters. The Kier molecular flexibility index (Phi) is 4.62. The van der Waals surface area contributed by atoms with Crippen LogP contribution in [0.25, 0.3) is 22.2 Å². The number of hydrogen-bond acceptors (Lipinski definition) is 5. The number of para-hydroxylation sites is 1. The van der Waals surface area contributed by atoms with Gasteiger partial charge in [-0.2, -0.15) is 0 Å². The molecule has 6 nitrogen and oxygen atoms in total. The first-order valence-corrected chi connectivity index (χ1v) is 9.77. The van der Waals surface area contributed by atoms with Gasteiger partial charge in [0.1, 0.15) is 0 Å². The number of nitrogens with one attached hydrogen (secondary N) is 1. The van der Waals surface area contributed by atoms with Gasteiger partial charge in [0.15, 0.2) is 0 Å². The van der Waals surface area contributed by atoms with Crippen LogP contribution in [0.5, 0.6) is 0 Å². The van der Waals surface area contributed by atoms with Crippen molar-refractivity contribution in [3.8, 4) is 11.3 Å². The highest BCUT2D eigenvalue weighted by Gasteiger charge is 2.13. The lowest BCUT2D eigenvalue weighted by atomic mass is 10.1. The third-order valence-electron chi connectivity index (χ3n) is 5.22. The van der Waals surface area contributed by atoms with E-state index in [4.69, 9.17) is 9.72 Å². The fourth-order valence-electron chi connectivity index (χ4n) is 3.76. The van der Waals surface area contributed by atoms with Crippen LogP contribution in [0.15, 0.2) is 60.9 Å². The maximum atomic E-state index is 5.44. The second-order valence-electron chi connectivity index (χ2n) is 7.12. The molecule has 2 aromatic carbocycles. The molecule has 0 aliphatic carbocycles. The van der Waals surface area contributed by atoms with Crippen molar-refractivity contribution in [1.82, 2.24) is 14.5 Å². The van der Waals surface area contributed by atoms with E-state index in [1.54, 1.807) is 6.20 Å². The Bertz CT molecular complexity index is 1150. The summed E-state index contributed by atoms with van der Waals surface area (Å²) in [7, 11) is 2.06. The minimum Gasteiger partial charge on any atom is -0.378 e. The summed E-state index contributed by atoms with van der Waals surface area (Å²) in [6.07, 6.45) is 3.91. The van der Waals surface area contributed by atoms with Crippen LogP contribution in [-0.2, 0) is 11.8 Å². The molecule has 1 fully saturated rings. The van der Waals surface area contributed by atoms with Crippen molar-refractivity contribution in [2.75, 3.05) is 36.5 Å². The number of ether oxygens (including phenoxy) is 1. The molecule has 2 aromatic heterocycles. The zero-order chi connectivity index (χ0) is 19.6. The molecule has 1 aliphatic heterocycles. The molecule has 0 saturated carbocycles. The predicted octanol–water partition coefficient (Wildman–Crippen LogP) is 4.02. The van der Waals surface area contributed by atoms with Crippen molar-refractivity contribution in [2.24, 2.45) is 7.05 Å². The lowest BCUT2D eigenvalue weighted by Gasteiger charge is -2.28. The molecule has 0 bridgehead atoms. The van der Waals surface area contributed by atoms with Crippen molar-refractivity contribution in [2.45, 2.75) is 0 Å². The van der Waals surface area contributed by atoms with E-state index >= 15 is 0 Å². The van der Waals surface area contributed by atoms with Gasteiger partial charge in [-0.3, -0.25) is 0 Å². The number of hydrogen-bond donors (Lipinski definition) is 1. The predicted molar refractivity (Wildman–Crippen MR) is 116 cm³/mol. The third kappa shape index (κ3) is 3.54. The molecule has 6 heteroatoms. The number of fused-ring (bicyclic) bond motifs is 1. The van der Waals surface area contributed by atoms with Gasteiger partial charge in [-0.25, -0.2) is 9.97 Å². The summed E-state index contributed by atoms with van der Waals surface area (Å²) in [5.41, 5.74) is 5.19. The average Bonchev–Trinajstić information content (AvgIpc) is 3.12. The zero-order valence-corrected chi connectivity index (χ0v) is 16.3. The molecule has 1 aliphatic rings. The van der Waals surface area contributed by atoms with E-state index < -0.39 is 0 Å². The van der Waals surface area contributed by atoms with Crippen molar-refractivity contribution in [3.63, 3.8) is 0 Å². The van der Waals surface area contributed by atoms with Crippen LogP contribution in [0.2, 0.25) is 0 Å². The van der Waals surface area contributed by atoms with Gasteiger partial charge in [-0.15, -0.1) is 0 Å². The van der Waals surface area contributed by atoms with Crippen LogP contribution in [0.4, 0.5) is 17.3 Å². The third-order valence-corrected chi connectivity index (χ3v) is 5.22. The molecule has 1 radical (unpaired) electrons. The monoisotopic (exact) mass is 384 g/mol. The van der Waals surface area contributed by atoms with Crippen LogP contribution in [0.3, 0.4) is 0 Å². The first-order valence-electron chi connectivity index (χ1n) is 9.77. The molecule has 0 atom stereocenters. The van der Waals surface area contributed by atoms with E-state index in [0.29, 0.717) is 5.95 Å². The summed E-state index contributed by atoms with van der Waals surface area (Å²) in [5.74, 6) is 0.578. The van der Waals surface area contributed by atoms with Gasteiger partial charge in [0.25, 0.3) is 0 Å². The molecule has 1 saturated heterocycles.